The van der Waals surface area contributed by atoms with Gasteiger partial charge in [-0.1, -0.05) is 6.07 Å². The number of amides is 1. The van der Waals surface area contributed by atoms with Crippen LogP contribution in [-0.2, 0) is 22.1 Å². The van der Waals surface area contributed by atoms with Gasteiger partial charge in [-0.2, -0.15) is 0 Å². The van der Waals surface area contributed by atoms with Gasteiger partial charge < -0.3 is 15.5 Å². The number of nitrogens with zero attached hydrogens (tertiary/aromatic N) is 2. The summed E-state index contributed by atoms with van der Waals surface area (Å²) in [7, 11) is -3.34. The van der Waals surface area contributed by atoms with Gasteiger partial charge in [0, 0.05) is 36.1 Å². The molecule has 2 heterocycles. The Hall–Kier alpha value is -2.75. The maximum Gasteiger partial charge on any atom is 0.251 e. The maximum absolute atomic E-state index is 12.7. The van der Waals surface area contributed by atoms with Gasteiger partial charge >= 0.3 is 0 Å². The van der Waals surface area contributed by atoms with E-state index >= 15 is 0 Å². The van der Waals surface area contributed by atoms with Crippen LogP contribution < -0.4 is 11.1 Å². The highest BCUT2D eigenvalue weighted by molar-refractivity contribution is 7.91. The highest BCUT2D eigenvalue weighted by Gasteiger charge is 2.34. The van der Waals surface area contributed by atoms with Gasteiger partial charge in [0.05, 0.1) is 16.7 Å². The molecule has 10 heteroatoms. The minimum absolute atomic E-state index is 0. The summed E-state index contributed by atoms with van der Waals surface area (Å²) in [5.41, 5.74) is 8.38. The third-order valence-electron chi connectivity index (χ3n) is 5.73. The van der Waals surface area contributed by atoms with Crippen molar-refractivity contribution >= 4 is 28.2 Å². The Morgan fingerprint density at radius 1 is 1.21 bits per heavy atom. The normalized spacial score (nSPS) is 18.0. The predicted octanol–water partition coefficient (Wildman–Crippen LogP) is 3.19. The summed E-state index contributed by atoms with van der Waals surface area (Å²) in [6.45, 7) is 2.10. The van der Waals surface area contributed by atoms with Crippen LogP contribution in [0.5, 0.6) is 0 Å². The van der Waals surface area contributed by atoms with Crippen molar-refractivity contribution in [2.75, 3.05) is 0 Å². The molecule has 1 aromatic carbocycles. The molecule has 33 heavy (non-hydrogen) atoms. The molecule has 3 aromatic rings. The highest BCUT2D eigenvalue weighted by Crippen LogP contribution is 2.29. The van der Waals surface area contributed by atoms with Crippen LogP contribution in [0.3, 0.4) is 0 Å². The number of carbonyl (C=O) groups excluding carboxylic acids is 1. The molecule has 0 bridgehead atoms. The van der Waals surface area contributed by atoms with E-state index in [1.807, 2.05) is 12.1 Å². The maximum atomic E-state index is 12.7. The van der Waals surface area contributed by atoms with Crippen molar-refractivity contribution in [3.05, 3.63) is 71.4 Å². The molecule has 1 fully saturated rings. The average molecular weight is 491 g/mol. The molecular formula is C23H27ClN4O4S. The van der Waals surface area contributed by atoms with Crippen LogP contribution in [0.4, 0.5) is 0 Å². The van der Waals surface area contributed by atoms with Crippen LogP contribution in [0.15, 0.2) is 53.2 Å². The number of halogens is 1. The van der Waals surface area contributed by atoms with Gasteiger partial charge in [0.25, 0.3) is 5.91 Å². The first-order valence-corrected chi connectivity index (χ1v) is 12.2. The largest absolute Gasteiger partial charge is 0.441 e. The first-order chi connectivity index (χ1) is 15.3. The second-order valence-corrected chi connectivity index (χ2v) is 10.4. The minimum atomic E-state index is -3.34. The van der Waals surface area contributed by atoms with E-state index in [9.17, 15) is 13.2 Å². The summed E-state index contributed by atoms with van der Waals surface area (Å²) >= 11 is 0. The molecule has 3 N–H and O–H groups in total. The third kappa shape index (κ3) is 5.98. The number of oxazole rings is 1. The molecule has 2 atom stereocenters. The van der Waals surface area contributed by atoms with Crippen molar-refractivity contribution in [2.24, 2.45) is 5.73 Å². The Morgan fingerprint density at radius 2 is 1.97 bits per heavy atom. The van der Waals surface area contributed by atoms with E-state index in [4.69, 9.17) is 10.2 Å². The zero-order valence-electron chi connectivity index (χ0n) is 18.2. The van der Waals surface area contributed by atoms with Crippen molar-refractivity contribution in [1.82, 2.24) is 15.3 Å². The van der Waals surface area contributed by atoms with Crippen molar-refractivity contribution in [1.29, 1.82) is 0 Å². The molecule has 176 valence electrons. The zero-order chi connectivity index (χ0) is 22.7. The molecule has 1 aliphatic carbocycles. The first-order valence-electron chi connectivity index (χ1n) is 10.5. The topological polar surface area (TPSA) is 128 Å². The van der Waals surface area contributed by atoms with Gasteiger partial charge in [0.1, 0.15) is 5.76 Å². The minimum Gasteiger partial charge on any atom is -0.441 e. The van der Waals surface area contributed by atoms with Crippen molar-refractivity contribution in [2.45, 2.75) is 49.8 Å². The monoisotopic (exact) mass is 490 g/mol. The molecule has 1 aliphatic rings. The molecule has 0 aliphatic heterocycles. The summed E-state index contributed by atoms with van der Waals surface area (Å²) in [6, 6.07) is 10.5. The summed E-state index contributed by atoms with van der Waals surface area (Å²) in [5.74, 6) is 0.446. The van der Waals surface area contributed by atoms with Gasteiger partial charge in [0.15, 0.2) is 9.84 Å². The number of hydrogen-bond donors (Lipinski definition) is 2. The smallest absolute Gasteiger partial charge is 0.251 e. The summed E-state index contributed by atoms with van der Waals surface area (Å²) in [4.78, 5) is 20.8. The molecule has 1 saturated carbocycles. The fourth-order valence-electron chi connectivity index (χ4n) is 3.84. The van der Waals surface area contributed by atoms with Crippen molar-refractivity contribution in [3.8, 4) is 11.5 Å². The van der Waals surface area contributed by atoms with E-state index in [1.165, 1.54) is 0 Å². The number of hydrogen-bond acceptors (Lipinski definition) is 7. The molecule has 0 saturated heterocycles. The number of rotatable bonds is 7. The molecule has 8 nitrogen and oxygen atoms in total. The number of aromatic nitrogens is 2. The second kappa shape index (κ2) is 10.5. The van der Waals surface area contributed by atoms with Crippen molar-refractivity contribution in [3.63, 3.8) is 0 Å². The standard InChI is InChI=1S/C23H26N4O4S.ClH/c1-15-21(14-32(29,30)20-9-8-19(24)11-20)27-23(31-15)18-6-4-17(5-7-18)22(28)26-13-16-3-2-10-25-12-16;/h2-7,10,12,19-20H,8-9,11,13-14,24H2,1H3,(H,26,28);1H/t19-,20+;/m0./s1. The van der Waals surface area contributed by atoms with Crippen molar-refractivity contribution < 1.29 is 17.6 Å². The number of nitrogens with one attached hydrogen (secondary N) is 1. The van der Waals surface area contributed by atoms with Crippen LogP contribution in [0.1, 0.15) is 46.6 Å². The number of sulfone groups is 1. The van der Waals surface area contributed by atoms with Gasteiger partial charge in [-0.25, -0.2) is 13.4 Å². The third-order valence-corrected chi connectivity index (χ3v) is 7.85. The lowest BCUT2D eigenvalue weighted by Crippen LogP contribution is -2.23. The van der Waals surface area contributed by atoms with E-state index in [0.29, 0.717) is 47.9 Å². The summed E-state index contributed by atoms with van der Waals surface area (Å²) in [6.07, 6.45) is 5.20. The quantitative estimate of drug-likeness (QED) is 0.520. The van der Waals surface area contributed by atoms with Crippen LogP contribution in [0.25, 0.3) is 11.5 Å². The Balaban J connectivity index is 0.00000306. The highest BCUT2D eigenvalue weighted by atomic mass is 35.5. The Bertz CT molecular complexity index is 1200. The zero-order valence-corrected chi connectivity index (χ0v) is 19.9. The number of carbonyl (C=O) groups is 1. The van der Waals surface area contributed by atoms with E-state index in [-0.39, 0.29) is 30.1 Å². The van der Waals surface area contributed by atoms with Gasteiger partial charge in [0.2, 0.25) is 5.89 Å². The van der Waals surface area contributed by atoms with E-state index in [2.05, 4.69) is 15.3 Å². The molecule has 0 radical (unpaired) electrons. The number of pyridine rings is 1. The van der Waals surface area contributed by atoms with Crippen LogP contribution in [-0.4, -0.2) is 35.6 Å². The average Bonchev–Trinajstić information content (AvgIpc) is 3.39. The number of benzene rings is 1. The first kappa shape index (κ1) is 24.9. The Labute approximate surface area is 199 Å². The lowest BCUT2D eigenvalue weighted by Gasteiger charge is -2.10. The van der Waals surface area contributed by atoms with E-state index < -0.39 is 15.1 Å². The fraction of sp³-hybridized carbons (Fsp3) is 0.348. The van der Waals surface area contributed by atoms with Gasteiger partial charge in [-0.15, -0.1) is 12.4 Å². The van der Waals surface area contributed by atoms with E-state index in [0.717, 1.165) is 12.0 Å². The van der Waals surface area contributed by atoms with Gasteiger partial charge in [-0.05, 0) is 62.1 Å². The second-order valence-electron chi connectivity index (χ2n) is 8.15. The van der Waals surface area contributed by atoms with Gasteiger partial charge in [-0.3, -0.25) is 9.78 Å². The van der Waals surface area contributed by atoms with E-state index in [1.54, 1.807) is 43.6 Å². The molecule has 4 rings (SSSR count). The van der Waals surface area contributed by atoms with Crippen LogP contribution >= 0.6 is 12.4 Å². The molecular weight excluding hydrogens is 464 g/mol. The summed E-state index contributed by atoms with van der Waals surface area (Å²) < 4.78 is 31.2. The lowest BCUT2D eigenvalue weighted by atomic mass is 10.1. The number of nitrogens with two attached hydrogens (primary N) is 1. The Morgan fingerprint density at radius 3 is 2.61 bits per heavy atom. The number of aryl methyl sites for hydroxylation is 1. The SMILES string of the molecule is Cc1oc(-c2ccc(C(=O)NCc3cccnc3)cc2)nc1CS(=O)(=O)[C@@H]1CC[C@H](N)C1.Cl. The Kier molecular flexibility index (Phi) is 7.88. The molecule has 1 amide bonds. The fourth-order valence-corrected chi connectivity index (χ4v) is 5.76. The lowest BCUT2D eigenvalue weighted by molar-refractivity contribution is 0.0951. The van der Waals surface area contributed by atoms with Crippen LogP contribution in [0, 0.1) is 6.92 Å². The summed E-state index contributed by atoms with van der Waals surface area (Å²) in [5, 5.41) is 2.43. The molecule has 0 spiro atoms. The predicted molar refractivity (Wildman–Crippen MR) is 128 cm³/mol. The molecule has 0 unspecified atom stereocenters. The van der Waals surface area contributed by atoms with Crippen LogP contribution in [0.2, 0.25) is 0 Å². The molecule has 2 aromatic heterocycles.